The number of carbonyl (C=O) groups is 1. The highest BCUT2D eigenvalue weighted by Crippen LogP contribution is 2.20. The molecular weight excluding hydrogens is 230 g/mol. The summed E-state index contributed by atoms with van der Waals surface area (Å²) in [6, 6.07) is 0. The van der Waals surface area contributed by atoms with Crippen LogP contribution < -0.4 is 4.74 Å². The van der Waals surface area contributed by atoms with E-state index in [0.717, 1.165) is 19.4 Å². The van der Waals surface area contributed by atoms with Crippen molar-refractivity contribution in [3.63, 3.8) is 0 Å². The molecular formula is C13H23N3O2. The van der Waals surface area contributed by atoms with Gasteiger partial charge in [0.1, 0.15) is 5.69 Å². The number of rotatable bonds is 8. The third-order valence-corrected chi connectivity index (χ3v) is 2.81. The minimum atomic E-state index is 0.116. The lowest BCUT2D eigenvalue weighted by Gasteiger charge is -2.12. The van der Waals surface area contributed by atoms with Crippen LogP contribution in [0, 0.1) is 0 Å². The molecule has 1 aromatic heterocycles. The zero-order valence-electron chi connectivity index (χ0n) is 11.8. The Bertz CT molecular complexity index is 386. The van der Waals surface area contributed by atoms with Gasteiger partial charge in [-0.2, -0.15) is 5.10 Å². The van der Waals surface area contributed by atoms with Gasteiger partial charge in [-0.15, -0.1) is 0 Å². The van der Waals surface area contributed by atoms with Gasteiger partial charge < -0.3 is 9.64 Å². The molecule has 0 saturated heterocycles. The Morgan fingerprint density at radius 1 is 1.50 bits per heavy atom. The number of methoxy groups -OCH3 is 1. The first kappa shape index (κ1) is 14.7. The SMILES string of the molecule is CCCCC(=O)c1c(OC)cnn1CCN(C)C. The first-order valence-electron chi connectivity index (χ1n) is 6.37. The van der Waals surface area contributed by atoms with Crippen LogP contribution in [0.4, 0.5) is 0 Å². The van der Waals surface area contributed by atoms with Crippen molar-refractivity contribution in [3.8, 4) is 5.75 Å². The van der Waals surface area contributed by atoms with Crippen molar-refractivity contribution < 1.29 is 9.53 Å². The monoisotopic (exact) mass is 253 g/mol. The molecule has 102 valence electrons. The van der Waals surface area contributed by atoms with Crippen LogP contribution in [0.15, 0.2) is 6.20 Å². The van der Waals surface area contributed by atoms with Gasteiger partial charge in [-0.05, 0) is 20.5 Å². The summed E-state index contributed by atoms with van der Waals surface area (Å²) in [7, 11) is 5.57. The van der Waals surface area contributed by atoms with Gasteiger partial charge in [-0.25, -0.2) is 0 Å². The molecule has 0 atom stereocenters. The van der Waals surface area contributed by atoms with Gasteiger partial charge in [0.05, 0.1) is 19.9 Å². The molecule has 1 rings (SSSR count). The fraction of sp³-hybridized carbons (Fsp3) is 0.692. The molecule has 0 aliphatic rings. The van der Waals surface area contributed by atoms with Crippen LogP contribution in [0.5, 0.6) is 5.75 Å². The van der Waals surface area contributed by atoms with E-state index in [-0.39, 0.29) is 5.78 Å². The Balaban J connectivity index is 2.84. The fourth-order valence-electron chi connectivity index (χ4n) is 1.72. The molecule has 0 N–H and O–H groups in total. The first-order chi connectivity index (χ1) is 8.60. The molecule has 5 heteroatoms. The molecule has 18 heavy (non-hydrogen) atoms. The normalized spacial score (nSPS) is 10.9. The zero-order chi connectivity index (χ0) is 13.5. The summed E-state index contributed by atoms with van der Waals surface area (Å²) < 4.78 is 6.96. The summed E-state index contributed by atoms with van der Waals surface area (Å²) in [5, 5.41) is 4.23. The number of ether oxygens (including phenoxy) is 1. The van der Waals surface area contributed by atoms with Crippen molar-refractivity contribution in [1.29, 1.82) is 0 Å². The Labute approximate surface area is 109 Å². The summed E-state index contributed by atoms with van der Waals surface area (Å²) in [5.41, 5.74) is 0.604. The lowest BCUT2D eigenvalue weighted by atomic mass is 10.1. The molecule has 0 fully saturated rings. The van der Waals surface area contributed by atoms with Gasteiger partial charge in [-0.1, -0.05) is 13.3 Å². The molecule has 0 saturated carbocycles. The Morgan fingerprint density at radius 3 is 2.78 bits per heavy atom. The van der Waals surface area contributed by atoms with Crippen molar-refractivity contribution in [2.45, 2.75) is 32.7 Å². The molecule has 1 aromatic rings. The summed E-state index contributed by atoms with van der Waals surface area (Å²) in [5.74, 6) is 0.694. The number of nitrogens with zero attached hydrogens (tertiary/aromatic N) is 3. The first-order valence-corrected chi connectivity index (χ1v) is 6.37. The number of hydrogen-bond acceptors (Lipinski definition) is 4. The average Bonchev–Trinajstić information content (AvgIpc) is 2.76. The highest BCUT2D eigenvalue weighted by Gasteiger charge is 2.18. The quantitative estimate of drug-likeness (QED) is 0.663. The molecule has 0 amide bonds. The molecule has 0 aliphatic carbocycles. The molecule has 0 aliphatic heterocycles. The van der Waals surface area contributed by atoms with E-state index in [0.29, 0.717) is 24.4 Å². The molecule has 0 aromatic carbocycles. The maximum absolute atomic E-state index is 12.2. The van der Waals surface area contributed by atoms with Crippen LogP contribution in [0.2, 0.25) is 0 Å². The van der Waals surface area contributed by atoms with E-state index in [9.17, 15) is 4.79 Å². The maximum atomic E-state index is 12.2. The van der Waals surface area contributed by atoms with Crippen molar-refractivity contribution in [3.05, 3.63) is 11.9 Å². The minimum absolute atomic E-state index is 0.116. The zero-order valence-corrected chi connectivity index (χ0v) is 11.8. The highest BCUT2D eigenvalue weighted by atomic mass is 16.5. The number of aromatic nitrogens is 2. The Morgan fingerprint density at radius 2 is 2.22 bits per heavy atom. The molecule has 0 bridgehead atoms. The van der Waals surface area contributed by atoms with Crippen molar-refractivity contribution in [1.82, 2.24) is 14.7 Å². The number of Topliss-reactive ketones (excluding diaryl/α,β-unsaturated/α-hetero) is 1. The van der Waals surface area contributed by atoms with E-state index < -0.39 is 0 Å². The number of ketones is 1. The second-order valence-electron chi connectivity index (χ2n) is 4.61. The minimum Gasteiger partial charge on any atom is -0.493 e. The van der Waals surface area contributed by atoms with E-state index in [1.165, 1.54) is 0 Å². The Hall–Kier alpha value is -1.36. The van der Waals surface area contributed by atoms with Crippen molar-refractivity contribution in [2.75, 3.05) is 27.7 Å². The van der Waals surface area contributed by atoms with E-state index in [1.54, 1.807) is 18.0 Å². The number of hydrogen-bond donors (Lipinski definition) is 0. The third kappa shape index (κ3) is 3.84. The highest BCUT2D eigenvalue weighted by molar-refractivity contribution is 5.96. The second-order valence-corrected chi connectivity index (χ2v) is 4.61. The largest absolute Gasteiger partial charge is 0.493 e. The number of carbonyl (C=O) groups excluding carboxylic acids is 1. The summed E-state index contributed by atoms with van der Waals surface area (Å²) in [6.45, 7) is 3.62. The summed E-state index contributed by atoms with van der Waals surface area (Å²) in [4.78, 5) is 14.2. The average molecular weight is 253 g/mol. The Kier molecular flexibility index (Phi) is 5.85. The van der Waals surface area contributed by atoms with Crippen molar-refractivity contribution >= 4 is 5.78 Å². The van der Waals surface area contributed by atoms with Gasteiger partial charge in [0.25, 0.3) is 0 Å². The van der Waals surface area contributed by atoms with Crippen LogP contribution in [0.25, 0.3) is 0 Å². The molecule has 0 spiro atoms. The lowest BCUT2D eigenvalue weighted by molar-refractivity contribution is 0.0965. The fourth-order valence-corrected chi connectivity index (χ4v) is 1.72. The smallest absolute Gasteiger partial charge is 0.184 e. The van der Waals surface area contributed by atoms with Gasteiger partial charge in [0, 0.05) is 13.0 Å². The maximum Gasteiger partial charge on any atom is 0.184 e. The van der Waals surface area contributed by atoms with E-state index in [4.69, 9.17) is 4.74 Å². The van der Waals surface area contributed by atoms with Gasteiger partial charge in [0.15, 0.2) is 11.5 Å². The number of likely N-dealkylation sites (N-methyl/N-ethyl adjacent to an activating group) is 1. The van der Waals surface area contributed by atoms with Crippen LogP contribution in [-0.4, -0.2) is 48.2 Å². The lowest BCUT2D eigenvalue weighted by Crippen LogP contribution is -2.21. The van der Waals surface area contributed by atoms with E-state index in [1.807, 2.05) is 14.1 Å². The van der Waals surface area contributed by atoms with Gasteiger partial charge >= 0.3 is 0 Å². The van der Waals surface area contributed by atoms with Crippen LogP contribution >= 0.6 is 0 Å². The van der Waals surface area contributed by atoms with Crippen LogP contribution in [0.1, 0.15) is 36.7 Å². The van der Waals surface area contributed by atoms with E-state index in [2.05, 4.69) is 16.9 Å². The molecule has 0 radical (unpaired) electrons. The summed E-state index contributed by atoms with van der Waals surface area (Å²) in [6.07, 6.45) is 4.09. The van der Waals surface area contributed by atoms with Crippen LogP contribution in [0.3, 0.4) is 0 Å². The number of unbranched alkanes of at least 4 members (excludes halogenated alkanes) is 1. The van der Waals surface area contributed by atoms with Crippen LogP contribution in [-0.2, 0) is 6.54 Å². The molecule has 1 heterocycles. The molecule has 0 unspecified atom stereocenters. The van der Waals surface area contributed by atoms with Gasteiger partial charge in [0.2, 0.25) is 0 Å². The topological polar surface area (TPSA) is 47.4 Å². The van der Waals surface area contributed by atoms with Gasteiger partial charge in [-0.3, -0.25) is 9.48 Å². The predicted octanol–water partition coefficient (Wildman–Crippen LogP) is 1.83. The third-order valence-electron chi connectivity index (χ3n) is 2.81. The summed E-state index contributed by atoms with van der Waals surface area (Å²) >= 11 is 0. The van der Waals surface area contributed by atoms with Crippen molar-refractivity contribution in [2.24, 2.45) is 0 Å². The molecule has 5 nitrogen and oxygen atoms in total. The standard InChI is InChI=1S/C13H23N3O2/c1-5-6-7-11(17)13-12(18-4)10-14-16(13)9-8-15(2)3/h10H,5-9H2,1-4H3. The van der Waals surface area contributed by atoms with E-state index >= 15 is 0 Å². The predicted molar refractivity (Wildman–Crippen MR) is 71.2 cm³/mol. The second kappa shape index (κ2) is 7.16.